The number of nitrogens with zero attached hydrogens (tertiary/aromatic N) is 1. The summed E-state index contributed by atoms with van der Waals surface area (Å²) in [5.41, 5.74) is 10.1. The first-order valence-corrected chi connectivity index (χ1v) is 8.36. The first-order valence-electron chi connectivity index (χ1n) is 7.48. The second-order valence-corrected chi connectivity index (χ2v) is 6.88. The van der Waals surface area contributed by atoms with Gasteiger partial charge in [0.1, 0.15) is 11.3 Å². The van der Waals surface area contributed by atoms with Crippen molar-refractivity contribution in [1.29, 1.82) is 0 Å². The fourth-order valence-electron chi connectivity index (χ4n) is 3.04. The highest BCUT2D eigenvalue weighted by atomic mass is 32.2. The normalized spacial score (nSPS) is 16.7. The quantitative estimate of drug-likeness (QED) is 0.493. The first kappa shape index (κ1) is 13.0. The van der Waals surface area contributed by atoms with Gasteiger partial charge < -0.3 is 16.0 Å². The van der Waals surface area contributed by atoms with Crippen LogP contribution in [0.15, 0.2) is 59.5 Å². The summed E-state index contributed by atoms with van der Waals surface area (Å²) in [5.74, 6) is 0.888. The molecule has 1 aliphatic rings. The number of rotatable bonds is 1. The molecule has 0 spiro atoms. The van der Waals surface area contributed by atoms with Gasteiger partial charge in [0, 0.05) is 16.1 Å². The van der Waals surface area contributed by atoms with Gasteiger partial charge in [-0.15, -0.1) is 0 Å². The number of benzene rings is 3. The number of thioether (sulfide) groups is 1. The summed E-state index contributed by atoms with van der Waals surface area (Å²) in [6.07, 6.45) is 0. The molecule has 1 unspecified atom stereocenters. The van der Waals surface area contributed by atoms with E-state index in [4.69, 9.17) is 10.7 Å². The molecule has 0 radical (unpaired) electrons. The van der Waals surface area contributed by atoms with Gasteiger partial charge in [-0.1, -0.05) is 36.0 Å². The maximum absolute atomic E-state index is 5.92. The molecule has 1 atom stereocenters. The van der Waals surface area contributed by atoms with Crippen molar-refractivity contribution in [3.8, 4) is 11.4 Å². The van der Waals surface area contributed by atoms with E-state index in [-0.39, 0.29) is 5.50 Å². The van der Waals surface area contributed by atoms with Crippen molar-refractivity contribution in [3.05, 3.63) is 54.6 Å². The van der Waals surface area contributed by atoms with Gasteiger partial charge in [0.25, 0.3) is 0 Å². The van der Waals surface area contributed by atoms with E-state index in [0.717, 1.165) is 28.1 Å². The minimum Gasteiger partial charge on any atom is -0.360 e. The molecule has 2 heterocycles. The Morgan fingerprint density at radius 2 is 1.83 bits per heavy atom. The second-order valence-electron chi connectivity index (χ2n) is 5.70. The minimum atomic E-state index is -0.0683. The van der Waals surface area contributed by atoms with Crippen LogP contribution in [0.4, 0.5) is 5.69 Å². The number of anilines is 1. The Hall–Kier alpha value is -2.50. The molecule has 5 heteroatoms. The Labute approximate surface area is 137 Å². The predicted molar refractivity (Wildman–Crippen MR) is 96.5 cm³/mol. The zero-order chi connectivity index (χ0) is 15.4. The molecule has 3 aromatic carbocycles. The molecule has 23 heavy (non-hydrogen) atoms. The third-order valence-electron chi connectivity index (χ3n) is 4.16. The molecule has 0 aliphatic carbocycles. The number of H-pyrrole nitrogens is 1. The molecule has 1 aromatic heterocycles. The fraction of sp³-hybridized carbons (Fsp3) is 0.0556. The summed E-state index contributed by atoms with van der Waals surface area (Å²) < 4.78 is 0. The molecule has 0 saturated heterocycles. The summed E-state index contributed by atoms with van der Waals surface area (Å²) in [6, 6.07) is 18.9. The highest BCUT2D eigenvalue weighted by Gasteiger charge is 2.18. The van der Waals surface area contributed by atoms with E-state index >= 15 is 0 Å². The number of nitrogens with one attached hydrogen (secondary N) is 2. The Morgan fingerprint density at radius 1 is 1.00 bits per heavy atom. The van der Waals surface area contributed by atoms with Gasteiger partial charge >= 0.3 is 0 Å². The van der Waals surface area contributed by atoms with Crippen molar-refractivity contribution in [1.82, 2.24) is 9.97 Å². The lowest BCUT2D eigenvalue weighted by Crippen LogP contribution is -2.20. The summed E-state index contributed by atoms with van der Waals surface area (Å²) >= 11 is 1.63. The standard InChI is InChI=1S/C18H14N4S/c19-18-22-13-6-5-12(9-16(13)23-18)17-20-14-7-10-3-1-2-4-11(10)8-15(14)21-17/h1-9,18,22H,19H2,(H,20,21). The molecular formula is C18H14N4S. The summed E-state index contributed by atoms with van der Waals surface area (Å²) in [5, 5.41) is 5.66. The Bertz CT molecular complexity index is 1000. The number of imidazole rings is 1. The monoisotopic (exact) mass is 318 g/mol. The maximum atomic E-state index is 5.92. The van der Waals surface area contributed by atoms with Crippen molar-refractivity contribution in [2.75, 3.05) is 5.32 Å². The fourth-order valence-corrected chi connectivity index (χ4v) is 3.95. The van der Waals surface area contributed by atoms with Crippen LogP contribution in [-0.2, 0) is 0 Å². The molecule has 0 fully saturated rings. The molecule has 4 N–H and O–H groups in total. The van der Waals surface area contributed by atoms with E-state index in [2.05, 4.69) is 64.9 Å². The van der Waals surface area contributed by atoms with Gasteiger partial charge in [-0.25, -0.2) is 4.98 Å². The van der Waals surface area contributed by atoms with Crippen LogP contribution in [0.25, 0.3) is 33.2 Å². The van der Waals surface area contributed by atoms with E-state index in [1.807, 2.05) is 0 Å². The molecule has 0 saturated carbocycles. The average molecular weight is 318 g/mol. The van der Waals surface area contributed by atoms with E-state index < -0.39 is 0 Å². The second kappa shape index (κ2) is 4.75. The Kier molecular flexibility index (Phi) is 2.68. The van der Waals surface area contributed by atoms with Crippen LogP contribution in [-0.4, -0.2) is 15.5 Å². The van der Waals surface area contributed by atoms with Crippen LogP contribution in [0, 0.1) is 0 Å². The number of hydrogen-bond acceptors (Lipinski definition) is 4. The van der Waals surface area contributed by atoms with Gasteiger partial charge in [0.15, 0.2) is 0 Å². The number of hydrogen-bond donors (Lipinski definition) is 3. The Morgan fingerprint density at radius 3 is 2.70 bits per heavy atom. The lowest BCUT2D eigenvalue weighted by Gasteiger charge is -2.01. The SMILES string of the molecule is NC1Nc2ccc(-c3nc4cc5ccccc5cc4[nH]3)cc2S1. The van der Waals surface area contributed by atoms with Gasteiger partial charge in [-0.2, -0.15) is 0 Å². The van der Waals surface area contributed by atoms with Gasteiger partial charge in [0.05, 0.1) is 11.0 Å². The van der Waals surface area contributed by atoms with E-state index in [1.54, 1.807) is 11.8 Å². The average Bonchev–Trinajstić information content (AvgIpc) is 3.13. The van der Waals surface area contributed by atoms with Crippen molar-refractivity contribution in [2.45, 2.75) is 10.4 Å². The zero-order valence-corrected chi connectivity index (χ0v) is 13.0. The van der Waals surface area contributed by atoms with Crippen molar-refractivity contribution < 1.29 is 0 Å². The van der Waals surface area contributed by atoms with Gasteiger partial charge in [-0.3, -0.25) is 0 Å². The van der Waals surface area contributed by atoms with Crippen LogP contribution in [0.3, 0.4) is 0 Å². The van der Waals surface area contributed by atoms with Crippen LogP contribution in [0.5, 0.6) is 0 Å². The highest BCUT2D eigenvalue weighted by molar-refractivity contribution is 8.00. The number of nitrogens with two attached hydrogens (primary N) is 1. The summed E-state index contributed by atoms with van der Waals surface area (Å²) in [4.78, 5) is 9.36. The molecule has 1 aliphatic heterocycles. The topological polar surface area (TPSA) is 66.7 Å². The first-order chi connectivity index (χ1) is 11.3. The largest absolute Gasteiger partial charge is 0.360 e. The van der Waals surface area contributed by atoms with E-state index in [1.165, 1.54) is 15.7 Å². The molecular weight excluding hydrogens is 304 g/mol. The molecule has 5 rings (SSSR count). The van der Waals surface area contributed by atoms with Crippen molar-refractivity contribution in [2.24, 2.45) is 5.73 Å². The lowest BCUT2D eigenvalue weighted by atomic mass is 10.1. The van der Waals surface area contributed by atoms with Crippen LogP contribution in [0.2, 0.25) is 0 Å². The highest BCUT2D eigenvalue weighted by Crippen LogP contribution is 2.38. The van der Waals surface area contributed by atoms with Crippen LogP contribution >= 0.6 is 11.8 Å². The minimum absolute atomic E-state index is 0.0683. The third-order valence-corrected chi connectivity index (χ3v) is 5.12. The Balaban J connectivity index is 1.66. The molecule has 0 amide bonds. The zero-order valence-electron chi connectivity index (χ0n) is 12.2. The molecule has 4 nitrogen and oxygen atoms in total. The van der Waals surface area contributed by atoms with Crippen molar-refractivity contribution in [3.63, 3.8) is 0 Å². The molecule has 4 aromatic rings. The summed E-state index contributed by atoms with van der Waals surface area (Å²) in [6.45, 7) is 0. The molecule has 112 valence electrons. The smallest absolute Gasteiger partial charge is 0.138 e. The lowest BCUT2D eigenvalue weighted by molar-refractivity contribution is 1.08. The maximum Gasteiger partial charge on any atom is 0.138 e. The molecule has 0 bridgehead atoms. The van der Waals surface area contributed by atoms with Gasteiger partial charge in [0.2, 0.25) is 0 Å². The van der Waals surface area contributed by atoms with E-state index in [9.17, 15) is 0 Å². The number of aromatic amines is 1. The number of fused-ring (bicyclic) bond motifs is 3. The summed E-state index contributed by atoms with van der Waals surface area (Å²) in [7, 11) is 0. The van der Waals surface area contributed by atoms with E-state index in [0.29, 0.717) is 0 Å². The van der Waals surface area contributed by atoms with Crippen molar-refractivity contribution >= 4 is 39.3 Å². The van der Waals surface area contributed by atoms with Gasteiger partial charge in [-0.05, 0) is 41.1 Å². The van der Waals surface area contributed by atoms with Crippen LogP contribution in [0.1, 0.15) is 0 Å². The number of aromatic nitrogens is 2. The van der Waals surface area contributed by atoms with Crippen LogP contribution < -0.4 is 11.1 Å². The third kappa shape index (κ3) is 2.09. The predicted octanol–water partition coefficient (Wildman–Crippen LogP) is 4.14.